The van der Waals surface area contributed by atoms with Gasteiger partial charge in [-0.1, -0.05) is 31.2 Å². The predicted molar refractivity (Wildman–Crippen MR) is 61.1 cm³/mol. The third kappa shape index (κ3) is 2.69. The Morgan fingerprint density at radius 3 is 2.67 bits per heavy atom. The fourth-order valence-electron chi connectivity index (χ4n) is 1.59. The zero-order valence-corrected chi connectivity index (χ0v) is 9.46. The number of aryl methyl sites for hydroxylation is 3. The number of hydrogen-bond donors (Lipinski definition) is 0. The molecule has 0 N–H and O–H groups in total. The zero-order valence-electron chi connectivity index (χ0n) is 9.46. The molecule has 0 radical (unpaired) electrons. The van der Waals surface area contributed by atoms with E-state index in [-0.39, 0.29) is 0 Å². The lowest BCUT2D eigenvalue weighted by molar-refractivity contribution is -0.129. The Bertz CT molecular complexity index is 392. The fraction of sp³-hybridized carbons (Fsp3) is 0.308. The lowest BCUT2D eigenvalue weighted by Crippen LogP contribution is -2.07. The van der Waals surface area contributed by atoms with Gasteiger partial charge in [0, 0.05) is 6.08 Å². The molecular weight excluding hydrogens is 188 g/mol. The number of carbonyl (C=O) groups is 1. The molecule has 0 heterocycles. The molecule has 1 aromatic carbocycles. The van der Waals surface area contributed by atoms with Gasteiger partial charge in [0.05, 0.1) is 0 Å². The number of benzene rings is 1. The van der Waals surface area contributed by atoms with Gasteiger partial charge >= 0.3 is 5.97 Å². The molecule has 1 aromatic rings. The summed E-state index contributed by atoms with van der Waals surface area (Å²) in [5.41, 5.74) is 3.23. The molecule has 15 heavy (non-hydrogen) atoms. The molecular formula is C13H16O2. The average Bonchev–Trinajstić information content (AvgIpc) is 2.21. The van der Waals surface area contributed by atoms with E-state index in [0.717, 1.165) is 17.5 Å². The molecule has 0 saturated carbocycles. The number of hydrogen-bond acceptors (Lipinski definition) is 2. The Morgan fingerprint density at radius 1 is 1.47 bits per heavy atom. The third-order valence-electron chi connectivity index (χ3n) is 2.25. The van der Waals surface area contributed by atoms with E-state index in [1.54, 1.807) is 0 Å². The van der Waals surface area contributed by atoms with Gasteiger partial charge in [0.15, 0.2) is 0 Å². The second-order valence-electron chi connectivity index (χ2n) is 3.55. The summed E-state index contributed by atoms with van der Waals surface area (Å²) >= 11 is 0. The predicted octanol–water partition coefficient (Wildman–Crippen LogP) is 2.96. The van der Waals surface area contributed by atoms with Crippen molar-refractivity contribution in [3.05, 3.63) is 41.5 Å². The van der Waals surface area contributed by atoms with E-state index in [1.165, 1.54) is 11.6 Å². The van der Waals surface area contributed by atoms with E-state index < -0.39 is 5.97 Å². The summed E-state index contributed by atoms with van der Waals surface area (Å²) in [6.07, 6.45) is 2.03. The molecule has 0 aromatic heterocycles. The van der Waals surface area contributed by atoms with Crippen LogP contribution in [0.2, 0.25) is 0 Å². The number of ether oxygens (including phenoxy) is 1. The van der Waals surface area contributed by atoms with Gasteiger partial charge in [-0.05, 0) is 31.4 Å². The van der Waals surface area contributed by atoms with Crippen molar-refractivity contribution >= 4 is 5.97 Å². The average molecular weight is 204 g/mol. The molecule has 0 amide bonds. The molecule has 0 unspecified atom stereocenters. The highest BCUT2D eigenvalue weighted by Crippen LogP contribution is 2.26. The van der Waals surface area contributed by atoms with Crippen molar-refractivity contribution in [2.75, 3.05) is 0 Å². The van der Waals surface area contributed by atoms with Crippen LogP contribution in [-0.2, 0) is 11.2 Å². The van der Waals surface area contributed by atoms with Crippen LogP contribution in [0, 0.1) is 13.8 Å². The topological polar surface area (TPSA) is 26.3 Å². The van der Waals surface area contributed by atoms with E-state index in [0.29, 0.717) is 5.75 Å². The van der Waals surface area contributed by atoms with Gasteiger partial charge in [-0.15, -0.1) is 0 Å². The van der Waals surface area contributed by atoms with Crippen LogP contribution >= 0.6 is 0 Å². The van der Waals surface area contributed by atoms with Crippen LogP contribution in [0.25, 0.3) is 0 Å². The second-order valence-corrected chi connectivity index (χ2v) is 3.55. The van der Waals surface area contributed by atoms with Crippen molar-refractivity contribution in [3.8, 4) is 5.75 Å². The minimum absolute atomic E-state index is 0.406. The van der Waals surface area contributed by atoms with Crippen LogP contribution in [0.1, 0.15) is 23.6 Å². The monoisotopic (exact) mass is 204 g/mol. The maximum absolute atomic E-state index is 11.1. The Balaban J connectivity index is 3.14. The third-order valence-corrected chi connectivity index (χ3v) is 2.25. The van der Waals surface area contributed by atoms with Gasteiger partial charge < -0.3 is 4.74 Å². The summed E-state index contributed by atoms with van der Waals surface area (Å²) < 4.78 is 5.21. The quantitative estimate of drug-likeness (QED) is 0.430. The number of rotatable bonds is 3. The highest BCUT2D eigenvalue weighted by atomic mass is 16.5. The maximum Gasteiger partial charge on any atom is 0.335 e. The standard InChI is InChI=1S/C13H16O2/c1-5-11-8-9(3)7-10(4)13(11)15-12(14)6-2/h6-8H,2,5H2,1,3-4H3. The lowest BCUT2D eigenvalue weighted by Gasteiger charge is -2.11. The van der Waals surface area contributed by atoms with Crippen LogP contribution in [0.4, 0.5) is 0 Å². The van der Waals surface area contributed by atoms with Crippen LogP contribution in [0.5, 0.6) is 5.75 Å². The number of esters is 1. The fourth-order valence-corrected chi connectivity index (χ4v) is 1.59. The molecule has 0 fully saturated rings. The van der Waals surface area contributed by atoms with E-state index >= 15 is 0 Å². The summed E-state index contributed by atoms with van der Waals surface area (Å²) in [5.74, 6) is 0.268. The van der Waals surface area contributed by atoms with Gasteiger partial charge in [0.25, 0.3) is 0 Å². The molecule has 0 aliphatic carbocycles. The summed E-state index contributed by atoms with van der Waals surface area (Å²) in [7, 11) is 0. The minimum atomic E-state index is -0.406. The van der Waals surface area contributed by atoms with Gasteiger partial charge in [0.1, 0.15) is 5.75 Å². The lowest BCUT2D eigenvalue weighted by atomic mass is 10.0. The first-order valence-electron chi connectivity index (χ1n) is 5.02. The first-order valence-corrected chi connectivity index (χ1v) is 5.02. The van der Waals surface area contributed by atoms with Crippen molar-refractivity contribution in [1.29, 1.82) is 0 Å². The summed E-state index contributed by atoms with van der Waals surface area (Å²) in [6, 6.07) is 4.05. The molecule has 2 heteroatoms. The van der Waals surface area contributed by atoms with Crippen LogP contribution in [0.15, 0.2) is 24.8 Å². The van der Waals surface area contributed by atoms with E-state index in [9.17, 15) is 4.79 Å². The van der Waals surface area contributed by atoms with Gasteiger partial charge in [-0.2, -0.15) is 0 Å². The maximum atomic E-state index is 11.1. The first-order chi connectivity index (χ1) is 7.08. The largest absolute Gasteiger partial charge is 0.423 e. The Kier molecular flexibility index (Phi) is 3.67. The van der Waals surface area contributed by atoms with Gasteiger partial charge in [-0.25, -0.2) is 4.79 Å². The Hall–Kier alpha value is -1.57. The van der Waals surface area contributed by atoms with Crippen LogP contribution in [0.3, 0.4) is 0 Å². The second kappa shape index (κ2) is 4.78. The molecule has 0 spiro atoms. The van der Waals surface area contributed by atoms with Crippen LogP contribution < -0.4 is 4.74 Å². The molecule has 0 aliphatic rings. The molecule has 2 nitrogen and oxygen atoms in total. The molecule has 0 bridgehead atoms. The first kappa shape index (κ1) is 11.5. The Labute approximate surface area is 90.6 Å². The van der Waals surface area contributed by atoms with Gasteiger partial charge in [-0.3, -0.25) is 0 Å². The summed E-state index contributed by atoms with van der Waals surface area (Å²) in [6.45, 7) is 9.40. The molecule has 80 valence electrons. The smallest absolute Gasteiger partial charge is 0.335 e. The van der Waals surface area contributed by atoms with E-state index in [4.69, 9.17) is 4.74 Å². The SMILES string of the molecule is C=CC(=O)Oc1c(C)cc(C)cc1CC. The van der Waals surface area contributed by atoms with E-state index in [1.807, 2.05) is 32.9 Å². The Morgan fingerprint density at radius 2 is 2.13 bits per heavy atom. The van der Waals surface area contributed by atoms with Gasteiger partial charge in [0.2, 0.25) is 0 Å². The van der Waals surface area contributed by atoms with E-state index in [2.05, 4.69) is 6.58 Å². The van der Waals surface area contributed by atoms with Crippen molar-refractivity contribution in [3.63, 3.8) is 0 Å². The number of carbonyl (C=O) groups excluding carboxylic acids is 1. The summed E-state index contributed by atoms with van der Waals surface area (Å²) in [5, 5.41) is 0. The van der Waals surface area contributed by atoms with Crippen molar-refractivity contribution in [2.24, 2.45) is 0 Å². The summed E-state index contributed by atoms with van der Waals surface area (Å²) in [4.78, 5) is 11.1. The van der Waals surface area contributed by atoms with Crippen LogP contribution in [-0.4, -0.2) is 5.97 Å². The molecule has 0 aliphatic heterocycles. The highest BCUT2D eigenvalue weighted by Gasteiger charge is 2.09. The molecule has 0 saturated heterocycles. The van der Waals surface area contributed by atoms with Crippen molar-refractivity contribution < 1.29 is 9.53 Å². The zero-order chi connectivity index (χ0) is 11.4. The highest BCUT2D eigenvalue weighted by molar-refractivity contribution is 5.83. The van der Waals surface area contributed by atoms with Crippen molar-refractivity contribution in [2.45, 2.75) is 27.2 Å². The molecule has 1 rings (SSSR count). The minimum Gasteiger partial charge on any atom is -0.423 e. The molecule has 0 atom stereocenters. The van der Waals surface area contributed by atoms with Crippen molar-refractivity contribution in [1.82, 2.24) is 0 Å². The normalized spacial score (nSPS) is 9.80.